The zero-order valence-electron chi connectivity index (χ0n) is 16.3. The molecular formula is C20H28ClN5O3. The van der Waals surface area contributed by atoms with Crippen LogP contribution in [0.15, 0.2) is 24.5 Å². The number of fused-ring (bicyclic) bond motifs is 4. The van der Waals surface area contributed by atoms with Gasteiger partial charge in [0.1, 0.15) is 6.04 Å². The minimum Gasteiger partial charge on any atom is -0.353 e. The lowest BCUT2D eigenvalue weighted by Gasteiger charge is -2.53. The van der Waals surface area contributed by atoms with Crippen molar-refractivity contribution >= 4 is 30.1 Å². The first-order chi connectivity index (χ1) is 13.6. The average Bonchev–Trinajstić information content (AvgIpc) is 2.73. The number of pyridine rings is 1. The van der Waals surface area contributed by atoms with Gasteiger partial charge in [-0.3, -0.25) is 19.4 Å². The lowest BCUT2D eigenvalue weighted by Crippen LogP contribution is -2.68. The highest BCUT2D eigenvalue weighted by atomic mass is 35.5. The van der Waals surface area contributed by atoms with Crippen molar-refractivity contribution in [2.75, 3.05) is 26.2 Å². The second kappa shape index (κ2) is 9.54. The van der Waals surface area contributed by atoms with E-state index in [-0.39, 0.29) is 42.1 Å². The van der Waals surface area contributed by atoms with Crippen LogP contribution in [-0.2, 0) is 9.59 Å². The second-order valence-corrected chi connectivity index (χ2v) is 7.90. The van der Waals surface area contributed by atoms with Crippen LogP contribution in [0.25, 0.3) is 0 Å². The summed E-state index contributed by atoms with van der Waals surface area (Å²) in [7, 11) is 0. The average molecular weight is 422 g/mol. The molecule has 3 saturated heterocycles. The fraction of sp³-hybridized carbons (Fsp3) is 0.600. The normalized spacial score (nSPS) is 28.0. The number of nitrogens with zero attached hydrogens (tertiary/aromatic N) is 2. The molecule has 2 bridgehead atoms. The van der Waals surface area contributed by atoms with E-state index in [4.69, 9.17) is 0 Å². The van der Waals surface area contributed by atoms with Gasteiger partial charge in [0.05, 0.1) is 0 Å². The van der Waals surface area contributed by atoms with E-state index < -0.39 is 6.04 Å². The molecule has 1 aromatic heterocycles. The van der Waals surface area contributed by atoms with Crippen molar-refractivity contribution in [1.29, 1.82) is 0 Å². The molecule has 4 heterocycles. The van der Waals surface area contributed by atoms with E-state index in [1.807, 2.05) is 4.90 Å². The molecule has 0 spiro atoms. The standard InChI is InChI=1S/C20H27N5O3.ClH/c26-17-3-1-2-16-14-10-15(12-22-11-14)18(25(16)17)20(28)24-9-8-23-19(27)13-4-6-21-7-5-13;/h4-7,14-16,18,22H,1-3,8-12H2,(H,23,27)(H,24,28);1H/t14-,15+,16+,18-;/m1./s1. The summed E-state index contributed by atoms with van der Waals surface area (Å²) in [5.41, 5.74) is 0.537. The first kappa shape index (κ1) is 21.5. The minimum absolute atomic E-state index is 0. The van der Waals surface area contributed by atoms with Crippen molar-refractivity contribution in [3.8, 4) is 0 Å². The predicted molar refractivity (Wildman–Crippen MR) is 110 cm³/mol. The van der Waals surface area contributed by atoms with E-state index in [2.05, 4.69) is 20.9 Å². The Morgan fingerprint density at radius 2 is 1.86 bits per heavy atom. The number of halogens is 1. The summed E-state index contributed by atoms with van der Waals surface area (Å²) in [6, 6.07) is 3.06. The lowest BCUT2D eigenvalue weighted by atomic mass is 9.72. The van der Waals surface area contributed by atoms with Gasteiger partial charge in [0, 0.05) is 56.0 Å². The molecule has 3 fully saturated rings. The van der Waals surface area contributed by atoms with Gasteiger partial charge in [0.25, 0.3) is 5.91 Å². The zero-order valence-corrected chi connectivity index (χ0v) is 17.1. The van der Waals surface area contributed by atoms with Gasteiger partial charge >= 0.3 is 0 Å². The molecule has 4 rings (SSSR count). The topological polar surface area (TPSA) is 103 Å². The van der Waals surface area contributed by atoms with Crippen LogP contribution in [0.4, 0.5) is 0 Å². The summed E-state index contributed by atoms with van der Waals surface area (Å²) in [6.07, 6.45) is 6.56. The fourth-order valence-electron chi connectivity index (χ4n) is 4.92. The van der Waals surface area contributed by atoms with Crippen molar-refractivity contribution in [2.24, 2.45) is 11.8 Å². The van der Waals surface area contributed by atoms with Crippen LogP contribution >= 0.6 is 12.4 Å². The number of carbonyl (C=O) groups is 3. The van der Waals surface area contributed by atoms with Crippen molar-refractivity contribution in [2.45, 2.75) is 37.8 Å². The molecule has 9 heteroatoms. The summed E-state index contributed by atoms with van der Waals surface area (Å²) < 4.78 is 0. The Labute approximate surface area is 176 Å². The molecule has 3 amide bonds. The number of hydrogen-bond acceptors (Lipinski definition) is 5. The summed E-state index contributed by atoms with van der Waals surface area (Å²) in [5, 5.41) is 9.16. The number of piperidine rings is 3. The molecule has 0 aromatic carbocycles. The summed E-state index contributed by atoms with van der Waals surface area (Å²) in [6.45, 7) is 2.37. The van der Waals surface area contributed by atoms with E-state index in [0.29, 0.717) is 31.0 Å². The molecule has 0 aliphatic carbocycles. The van der Waals surface area contributed by atoms with Gasteiger partial charge in [-0.05, 0) is 43.9 Å². The Kier molecular flexibility index (Phi) is 7.08. The van der Waals surface area contributed by atoms with Gasteiger partial charge in [-0.15, -0.1) is 12.4 Å². The first-order valence-corrected chi connectivity index (χ1v) is 10.1. The maximum absolute atomic E-state index is 13.0. The molecule has 1 aromatic rings. The number of carbonyl (C=O) groups excluding carboxylic acids is 3. The highest BCUT2D eigenvalue weighted by molar-refractivity contribution is 5.94. The molecule has 3 aliphatic rings. The van der Waals surface area contributed by atoms with Crippen LogP contribution in [0.5, 0.6) is 0 Å². The SMILES string of the molecule is Cl.O=C(NCCNC(=O)[C@H]1[C@@H]2CNC[C@@H](C2)[C@@H]2CCCC(=O)N21)c1ccncc1. The Morgan fingerprint density at radius 3 is 2.66 bits per heavy atom. The molecule has 8 nitrogen and oxygen atoms in total. The molecule has 4 atom stereocenters. The number of hydrogen-bond donors (Lipinski definition) is 3. The molecule has 3 aliphatic heterocycles. The van der Waals surface area contributed by atoms with Crippen LogP contribution < -0.4 is 16.0 Å². The predicted octanol–water partition coefficient (Wildman–Crippen LogP) is 0.338. The number of rotatable bonds is 5. The first-order valence-electron chi connectivity index (χ1n) is 10.1. The molecule has 0 unspecified atom stereocenters. The maximum atomic E-state index is 13.0. The van der Waals surface area contributed by atoms with Gasteiger partial charge < -0.3 is 20.9 Å². The summed E-state index contributed by atoms with van der Waals surface area (Å²) in [5.74, 6) is 0.416. The van der Waals surface area contributed by atoms with E-state index in [9.17, 15) is 14.4 Å². The lowest BCUT2D eigenvalue weighted by molar-refractivity contribution is -0.157. The monoisotopic (exact) mass is 421 g/mol. The fourth-order valence-corrected chi connectivity index (χ4v) is 4.92. The number of aromatic nitrogens is 1. The largest absolute Gasteiger partial charge is 0.353 e. The zero-order chi connectivity index (χ0) is 19.5. The van der Waals surface area contributed by atoms with E-state index in [1.54, 1.807) is 24.5 Å². The van der Waals surface area contributed by atoms with Crippen LogP contribution in [0, 0.1) is 11.8 Å². The van der Waals surface area contributed by atoms with Gasteiger partial charge in [-0.25, -0.2) is 0 Å². The van der Waals surface area contributed by atoms with Crippen LogP contribution in [0.2, 0.25) is 0 Å². The highest BCUT2D eigenvalue weighted by Gasteiger charge is 2.50. The maximum Gasteiger partial charge on any atom is 0.251 e. The van der Waals surface area contributed by atoms with Crippen molar-refractivity contribution in [3.63, 3.8) is 0 Å². The third-order valence-corrected chi connectivity index (χ3v) is 6.17. The quantitative estimate of drug-likeness (QED) is 0.595. The Bertz CT molecular complexity index is 747. The molecule has 3 N–H and O–H groups in total. The number of amides is 3. The van der Waals surface area contributed by atoms with E-state index >= 15 is 0 Å². The van der Waals surface area contributed by atoms with Gasteiger partial charge in [0.15, 0.2) is 0 Å². The van der Waals surface area contributed by atoms with E-state index in [1.165, 1.54) is 0 Å². The van der Waals surface area contributed by atoms with Gasteiger partial charge in [-0.1, -0.05) is 0 Å². The minimum atomic E-state index is -0.405. The summed E-state index contributed by atoms with van der Waals surface area (Å²) >= 11 is 0. The Morgan fingerprint density at radius 1 is 1.14 bits per heavy atom. The van der Waals surface area contributed by atoms with Crippen molar-refractivity contribution < 1.29 is 14.4 Å². The number of nitrogens with one attached hydrogen (secondary N) is 3. The van der Waals surface area contributed by atoms with Crippen molar-refractivity contribution in [1.82, 2.24) is 25.8 Å². The van der Waals surface area contributed by atoms with Gasteiger partial charge in [-0.2, -0.15) is 0 Å². The molecule has 29 heavy (non-hydrogen) atoms. The summed E-state index contributed by atoms with van der Waals surface area (Å²) in [4.78, 5) is 43.4. The van der Waals surface area contributed by atoms with Crippen molar-refractivity contribution in [3.05, 3.63) is 30.1 Å². The van der Waals surface area contributed by atoms with E-state index in [0.717, 1.165) is 32.4 Å². The second-order valence-electron chi connectivity index (χ2n) is 7.90. The van der Waals surface area contributed by atoms with Crippen LogP contribution in [0.1, 0.15) is 36.0 Å². The molecule has 0 saturated carbocycles. The van der Waals surface area contributed by atoms with Crippen LogP contribution in [-0.4, -0.2) is 65.9 Å². The third-order valence-electron chi connectivity index (χ3n) is 6.17. The molecular weight excluding hydrogens is 394 g/mol. The highest BCUT2D eigenvalue weighted by Crippen LogP contribution is 2.39. The molecule has 158 valence electrons. The molecule has 0 radical (unpaired) electrons. The van der Waals surface area contributed by atoms with Gasteiger partial charge in [0.2, 0.25) is 11.8 Å². The third kappa shape index (κ3) is 4.53. The Hall–Kier alpha value is -2.19. The Balaban J connectivity index is 0.00000240. The smallest absolute Gasteiger partial charge is 0.251 e. The van der Waals surface area contributed by atoms with Crippen LogP contribution in [0.3, 0.4) is 0 Å².